The SMILES string of the molecule is Cc1cc(C(=O)Nc2cc(Cl)c(=O)n(C)c2)c(C)n1CC1CC1. The molecule has 0 unspecified atom stereocenters. The van der Waals surface area contributed by atoms with E-state index in [-0.39, 0.29) is 16.5 Å². The number of hydrogen-bond acceptors (Lipinski definition) is 2. The van der Waals surface area contributed by atoms with Crippen molar-refractivity contribution in [1.82, 2.24) is 9.13 Å². The van der Waals surface area contributed by atoms with Crippen LogP contribution in [0.4, 0.5) is 5.69 Å². The van der Waals surface area contributed by atoms with E-state index >= 15 is 0 Å². The molecule has 1 N–H and O–H groups in total. The van der Waals surface area contributed by atoms with Gasteiger partial charge in [0, 0.05) is 31.2 Å². The highest BCUT2D eigenvalue weighted by Crippen LogP contribution is 2.32. The summed E-state index contributed by atoms with van der Waals surface area (Å²) in [5, 5.41) is 2.91. The number of carbonyl (C=O) groups is 1. The minimum Gasteiger partial charge on any atom is -0.348 e. The quantitative estimate of drug-likeness (QED) is 0.934. The smallest absolute Gasteiger partial charge is 0.269 e. The highest BCUT2D eigenvalue weighted by atomic mass is 35.5. The molecule has 1 aliphatic rings. The lowest BCUT2D eigenvalue weighted by Gasteiger charge is -2.10. The number of pyridine rings is 1. The highest BCUT2D eigenvalue weighted by Gasteiger charge is 2.24. The molecule has 0 spiro atoms. The van der Waals surface area contributed by atoms with Crippen molar-refractivity contribution in [3.63, 3.8) is 0 Å². The third-order valence-electron chi connectivity index (χ3n) is 4.35. The lowest BCUT2D eigenvalue weighted by Crippen LogP contribution is -2.19. The van der Waals surface area contributed by atoms with Gasteiger partial charge in [-0.15, -0.1) is 0 Å². The zero-order valence-electron chi connectivity index (χ0n) is 13.5. The van der Waals surface area contributed by atoms with Crippen LogP contribution in [0.2, 0.25) is 5.02 Å². The molecule has 5 nitrogen and oxygen atoms in total. The van der Waals surface area contributed by atoms with E-state index in [1.54, 1.807) is 13.2 Å². The van der Waals surface area contributed by atoms with Crippen LogP contribution in [0.1, 0.15) is 34.6 Å². The number of nitrogens with zero attached hydrogens (tertiary/aromatic N) is 2. The number of carbonyl (C=O) groups excluding carboxylic acids is 1. The van der Waals surface area contributed by atoms with Gasteiger partial charge in [0.2, 0.25) is 0 Å². The van der Waals surface area contributed by atoms with Crippen LogP contribution in [0.3, 0.4) is 0 Å². The van der Waals surface area contributed by atoms with Gasteiger partial charge in [0.25, 0.3) is 11.5 Å². The largest absolute Gasteiger partial charge is 0.348 e. The van der Waals surface area contributed by atoms with E-state index in [9.17, 15) is 9.59 Å². The second-order valence-corrected chi connectivity index (χ2v) is 6.69. The zero-order chi connectivity index (χ0) is 16.7. The van der Waals surface area contributed by atoms with E-state index < -0.39 is 0 Å². The molecule has 0 atom stereocenters. The zero-order valence-corrected chi connectivity index (χ0v) is 14.3. The Morgan fingerprint density at radius 1 is 1.35 bits per heavy atom. The summed E-state index contributed by atoms with van der Waals surface area (Å²) in [5.41, 5.74) is 2.95. The van der Waals surface area contributed by atoms with Gasteiger partial charge in [0.05, 0.1) is 11.3 Å². The predicted molar refractivity (Wildman–Crippen MR) is 91.3 cm³/mol. The summed E-state index contributed by atoms with van der Waals surface area (Å²) in [6.07, 6.45) is 4.11. The van der Waals surface area contributed by atoms with E-state index in [0.29, 0.717) is 11.3 Å². The highest BCUT2D eigenvalue weighted by molar-refractivity contribution is 6.30. The maximum atomic E-state index is 12.6. The predicted octanol–water partition coefficient (Wildman–Crippen LogP) is 3.12. The van der Waals surface area contributed by atoms with Crippen molar-refractivity contribution in [1.29, 1.82) is 0 Å². The van der Waals surface area contributed by atoms with E-state index in [0.717, 1.165) is 23.9 Å². The Kier molecular flexibility index (Phi) is 4.06. The van der Waals surface area contributed by atoms with Crippen molar-refractivity contribution < 1.29 is 4.79 Å². The summed E-state index contributed by atoms with van der Waals surface area (Å²) in [6, 6.07) is 3.39. The molecule has 0 saturated heterocycles. The van der Waals surface area contributed by atoms with Gasteiger partial charge in [-0.2, -0.15) is 0 Å². The van der Waals surface area contributed by atoms with Crippen molar-refractivity contribution in [2.45, 2.75) is 33.2 Å². The van der Waals surface area contributed by atoms with Gasteiger partial charge in [0.1, 0.15) is 5.02 Å². The van der Waals surface area contributed by atoms with Gasteiger partial charge >= 0.3 is 0 Å². The summed E-state index contributed by atoms with van der Waals surface area (Å²) in [6.45, 7) is 4.98. The standard InChI is InChI=1S/C17H20ClN3O2/c1-10-6-14(11(2)21(10)8-12-4-5-12)16(22)19-13-7-15(18)17(23)20(3)9-13/h6-7,9,12H,4-5,8H2,1-3H3,(H,19,22). The fourth-order valence-electron chi connectivity index (χ4n) is 2.81. The van der Waals surface area contributed by atoms with E-state index in [2.05, 4.69) is 9.88 Å². The maximum absolute atomic E-state index is 12.6. The Morgan fingerprint density at radius 2 is 2.04 bits per heavy atom. The fraction of sp³-hybridized carbons (Fsp3) is 0.412. The Balaban J connectivity index is 1.84. The summed E-state index contributed by atoms with van der Waals surface area (Å²) in [7, 11) is 1.60. The van der Waals surface area contributed by atoms with Crippen LogP contribution in [0.25, 0.3) is 0 Å². The number of aryl methyl sites for hydroxylation is 2. The molecule has 0 radical (unpaired) electrons. The van der Waals surface area contributed by atoms with Gasteiger partial charge in [-0.3, -0.25) is 9.59 Å². The lowest BCUT2D eigenvalue weighted by molar-refractivity contribution is 0.102. The van der Waals surface area contributed by atoms with Crippen LogP contribution in [0, 0.1) is 19.8 Å². The first kappa shape index (κ1) is 15.9. The average Bonchev–Trinajstić information content (AvgIpc) is 3.26. The summed E-state index contributed by atoms with van der Waals surface area (Å²) in [5.74, 6) is 0.563. The first-order chi connectivity index (χ1) is 10.9. The molecule has 23 heavy (non-hydrogen) atoms. The second kappa shape index (κ2) is 5.89. The van der Waals surface area contributed by atoms with Crippen LogP contribution in [0.5, 0.6) is 0 Å². The number of halogens is 1. The number of amides is 1. The number of anilines is 1. The molecular formula is C17H20ClN3O2. The molecule has 1 aliphatic carbocycles. The molecule has 2 heterocycles. The Hall–Kier alpha value is -2.01. The molecule has 1 saturated carbocycles. The number of rotatable bonds is 4. The first-order valence-corrected chi connectivity index (χ1v) is 8.09. The Bertz CT molecular complexity index is 805. The Labute approximate surface area is 139 Å². The Morgan fingerprint density at radius 3 is 2.65 bits per heavy atom. The molecule has 2 aromatic rings. The minimum atomic E-state index is -0.285. The molecule has 1 fully saturated rings. The number of aromatic nitrogens is 2. The minimum absolute atomic E-state index is 0.0875. The van der Waals surface area contributed by atoms with Crippen molar-refractivity contribution in [2.75, 3.05) is 5.32 Å². The normalized spacial score (nSPS) is 14.1. The molecule has 6 heteroatoms. The van der Waals surface area contributed by atoms with E-state index in [1.807, 2.05) is 19.9 Å². The first-order valence-electron chi connectivity index (χ1n) is 7.71. The molecule has 0 aromatic carbocycles. The summed E-state index contributed by atoms with van der Waals surface area (Å²) in [4.78, 5) is 24.2. The third kappa shape index (κ3) is 3.20. The van der Waals surface area contributed by atoms with Gasteiger partial charge < -0.3 is 14.5 Å². The maximum Gasteiger partial charge on any atom is 0.269 e. The number of nitrogens with one attached hydrogen (secondary N) is 1. The van der Waals surface area contributed by atoms with Crippen molar-refractivity contribution in [2.24, 2.45) is 13.0 Å². The topological polar surface area (TPSA) is 56.0 Å². The monoisotopic (exact) mass is 333 g/mol. The van der Waals surface area contributed by atoms with Crippen LogP contribution >= 0.6 is 11.6 Å². The van der Waals surface area contributed by atoms with Crippen molar-refractivity contribution >= 4 is 23.2 Å². The molecule has 122 valence electrons. The third-order valence-corrected chi connectivity index (χ3v) is 4.62. The average molecular weight is 334 g/mol. The molecule has 2 aromatic heterocycles. The van der Waals surface area contributed by atoms with Crippen molar-refractivity contribution in [3.8, 4) is 0 Å². The van der Waals surface area contributed by atoms with Crippen LogP contribution in [-0.2, 0) is 13.6 Å². The van der Waals surface area contributed by atoms with E-state index in [4.69, 9.17) is 11.6 Å². The fourth-order valence-corrected chi connectivity index (χ4v) is 3.06. The molecule has 0 aliphatic heterocycles. The molecular weight excluding hydrogens is 314 g/mol. The summed E-state index contributed by atoms with van der Waals surface area (Å²) >= 11 is 5.88. The number of hydrogen-bond donors (Lipinski definition) is 1. The van der Waals surface area contributed by atoms with Gasteiger partial charge in [0.15, 0.2) is 0 Å². The van der Waals surface area contributed by atoms with Crippen LogP contribution in [-0.4, -0.2) is 15.0 Å². The lowest BCUT2D eigenvalue weighted by atomic mass is 10.2. The molecule has 1 amide bonds. The van der Waals surface area contributed by atoms with Gasteiger partial charge in [-0.25, -0.2) is 0 Å². The van der Waals surface area contributed by atoms with Crippen LogP contribution in [0.15, 0.2) is 23.1 Å². The summed E-state index contributed by atoms with van der Waals surface area (Å²) < 4.78 is 3.56. The van der Waals surface area contributed by atoms with Gasteiger partial charge in [-0.05, 0) is 44.7 Å². The van der Waals surface area contributed by atoms with E-state index in [1.165, 1.54) is 23.5 Å². The van der Waals surface area contributed by atoms with Gasteiger partial charge in [-0.1, -0.05) is 11.6 Å². The second-order valence-electron chi connectivity index (χ2n) is 6.29. The van der Waals surface area contributed by atoms with Crippen molar-refractivity contribution in [3.05, 3.63) is 50.7 Å². The van der Waals surface area contributed by atoms with Crippen LogP contribution < -0.4 is 10.9 Å². The molecule has 3 rings (SSSR count). The molecule has 0 bridgehead atoms.